The highest BCUT2D eigenvalue weighted by atomic mass is 79.9. The zero-order valence-corrected chi connectivity index (χ0v) is 13.0. The van der Waals surface area contributed by atoms with Gasteiger partial charge in [0.2, 0.25) is 0 Å². The summed E-state index contributed by atoms with van der Waals surface area (Å²) in [5.74, 6) is -0.0314. The highest BCUT2D eigenvalue weighted by Crippen LogP contribution is 2.38. The molecule has 6 heteroatoms. The second-order valence-corrected chi connectivity index (χ2v) is 5.82. The van der Waals surface area contributed by atoms with Crippen molar-refractivity contribution >= 4 is 33.3 Å². The first-order chi connectivity index (χ1) is 10.1. The van der Waals surface area contributed by atoms with Gasteiger partial charge in [-0.2, -0.15) is 5.10 Å². The number of H-pyrrole nitrogens is 1. The number of benzene rings is 2. The lowest BCUT2D eigenvalue weighted by Gasteiger charge is -2.07. The molecule has 3 nitrogen and oxygen atoms in total. The summed E-state index contributed by atoms with van der Waals surface area (Å²) in [5, 5.41) is 7.43. The molecule has 1 aromatic heterocycles. The summed E-state index contributed by atoms with van der Waals surface area (Å²) in [4.78, 5) is 0. The maximum Gasteiger partial charge on any atom is 0.153 e. The summed E-state index contributed by atoms with van der Waals surface area (Å²) < 4.78 is 14.2. The molecule has 0 saturated heterocycles. The van der Waals surface area contributed by atoms with Crippen LogP contribution in [0.15, 0.2) is 46.9 Å². The van der Waals surface area contributed by atoms with Gasteiger partial charge in [0.25, 0.3) is 0 Å². The fraction of sp³-hybridized carbons (Fsp3) is 0. The SMILES string of the molecule is Nc1n[nH]c(-c2cc(F)cc(Br)c2)c1-c1ccccc1Cl. The van der Waals surface area contributed by atoms with Crippen LogP contribution in [0.25, 0.3) is 22.4 Å². The van der Waals surface area contributed by atoms with Crippen LogP contribution in [-0.2, 0) is 0 Å². The van der Waals surface area contributed by atoms with Crippen molar-refractivity contribution in [2.75, 3.05) is 5.73 Å². The fourth-order valence-corrected chi connectivity index (χ4v) is 2.90. The van der Waals surface area contributed by atoms with E-state index in [1.165, 1.54) is 12.1 Å². The Bertz CT molecular complexity index is 796. The Labute approximate surface area is 134 Å². The van der Waals surface area contributed by atoms with Gasteiger partial charge in [-0.1, -0.05) is 45.7 Å². The van der Waals surface area contributed by atoms with Crippen molar-refractivity contribution in [3.63, 3.8) is 0 Å². The fourth-order valence-electron chi connectivity index (χ4n) is 2.20. The second kappa shape index (κ2) is 5.50. The minimum absolute atomic E-state index is 0.318. The molecule has 0 atom stereocenters. The van der Waals surface area contributed by atoms with E-state index in [0.29, 0.717) is 32.1 Å². The van der Waals surface area contributed by atoms with Crippen LogP contribution in [0.1, 0.15) is 0 Å². The molecule has 0 bridgehead atoms. The number of anilines is 1. The van der Waals surface area contributed by atoms with Crippen molar-refractivity contribution in [1.82, 2.24) is 10.2 Å². The van der Waals surface area contributed by atoms with Gasteiger partial charge in [-0.25, -0.2) is 4.39 Å². The maximum absolute atomic E-state index is 13.6. The molecule has 0 fully saturated rings. The molecule has 3 rings (SSSR count). The lowest BCUT2D eigenvalue weighted by Crippen LogP contribution is -1.90. The average molecular weight is 367 g/mol. The number of rotatable bonds is 2. The van der Waals surface area contributed by atoms with E-state index in [1.54, 1.807) is 12.1 Å². The predicted molar refractivity (Wildman–Crippen MR) is 86.5 cm³/mol. The molecule has 0 aliphatic rings. The molecule has 2 aromatic carbocycles. The van der Waals surface area contributed by atoms with E-state index in [0.717, 1.165) is 5.56 Å². The molecule has 3 aromatic rings. The minimum atomic E-state index is -0.349. The lowest BCUT2D eigenvalue weighted by atomic mass is 10.0. The van der Waals surface area contributed by atoms with Crippen LogP contribution in [0.2, 0.25) is 5.02 Å². The third kappa shape index (κ3) is 2.66. The first-order valence-corrected chi connectivity index (χ1v) is 7.28. The van der Waals surface area contributed by atoms with Gasteiger partial charge in [0, 0.05) is 20.6 Å². The smallest absolute Gasteiger partial charge is 0.153 e. The lowest BCUT2D eigenvalue weighted by molar-refractivity contribution is 0.627. The summed E-state index contributed by atoms with van der Waals surface area (Å²) >= 11 is 9.51. The van der Waals surface area contributed by atoms with Crippen molar-refractivity contribution in [3.8, 4) is 22.4 Å². The predicted octanol–water partition coefficient (Wildman–Crippen LogP) is 4.88. The van der Waals surface area contributed by atoms with Crippen molar-refractivity contribution in [2.24, 2.45) is 0 Å². The summed E-state index contributed by atoms with van der Waals surface area (Å²) in [5.41, 5.74) is 8.63. The summed E-state index contributed by atoms with van der Waals surface area (Å²) in [6, 6.07) is 11.9. The number of nitrogens with two attached hydrogens (primary N) is 1. The van der Waals surface area contributed by atoms with Gasteiger partial charge >= 0.3 is 0 Å². The molecule has 0 aliphatic heterocycles. The van der Waals surface area contributed by atoms with Crippen LogP contribution >= 0.6 is 27.5 Å². The number of nitrogens with one attached hydrogen (secondary N) is 1. The van der Waals surface area contributed by atoms with Crippen LogP contribution in [0.3, 0.4) is 0 Å². The Balaban J connectivity index is 2.24. The molecular formula is C15H10BrClFN3. The van der Waals surface area contributed by atoms with Gasteiger partial charge in [-0.05, 0) is 24.3 Å². The largest absolute Gasteiger partial charge is 0.382 e. The molecule has 0 spiro atoms. The molecule has 106 valence electrons. The quantitative estimate of drug-likeness (QED) is 0.679. The number of halogens is 3. The van der Waals surface area contributed by atoms with Crippen molar-refractivity contribution in [2.45, 2.75) is 0 Å². The van der Waals surface area contributed by atoms with Gasteiger partial charge in [-0.3, -0.25) is 5.10 Å². The number of hydrogen-bond acceptors (Lipinski definition) is 2. The van der Waals surface area contributed by atoms with Crippen molar-refractivity contribution in [1.29, 1.82) is 0 Å². The van der Waals surface area contributed by atoms with Crippen molar-refractivity contribution < 1.29 is 4.39 Å². The van der Waals surface area contributed by atoms with Crippen LogP contribution in [-0.4, -0.2) is 10.2 Å². The van der Waals surface area contributed by atoms with Crippen LogP contribution in [0.4, 0.5) is 10.2 Å². The van der Waals surface area contributed by atoms with E-state index in [2.05, 4.69) is 26.1 Å². The van der Waals surface area contributed by atoms with Gasteiger partial charge in [0.1, 0.15) is 5.82 Å². The highest BCUT2D eigenvalue weighted by Gasteiger charge is 2.17. The number of aromatic amines is 1. The van der Waals surface area contributed by atoms with E-state index in [1.807, 2.05) is 18.2 Å². The van der Waals surface area contributed by atoms with Gasteiger partial charge in [0.15, 0.2) is 5.82 Å². The number of aromatic nitrogens is 2. The van der Waals surface area contributed by atoms with E-state index < -0.39 is 0 Å². The van der Waals surface area contributed by atoms with E-state index in [4.69, 9.17) is 17.3 Å². The molecule has 0 radical (unpaired) electrons. The zero-order valence-electron chi connectivity index (χ0n) is 10.7. The molecule has 21 heavy (non-hydrogen) atoms. The van der Waals surface area contributed by atoms with Crippen molar-refractivity contribution in [3.05, 3.63) is 57.8 Å². The summed E-state index contributed by atoms with van der Waals surface area (Å²) in [6.45, 7) is 0. The first kappa shape index (κ1) is 14.1. The monoisotopic (exact) mass is 365 g/mol. The second-order valence-electron chi connectivity index (χ2n) is 4.50. The van der Waals surface area contributed by atoms with Crippen LogP contribution in [0, 0.1) is 5.82 Å². The Hall–Kier alpha value is -1.85. The molecule has 0 amide bonds. The van der Waals surface area contributed by atoms with E-state index in [-0.39, 0.29) is 5.82 Å². The van der Waals surface area contributed by atoms with Crippen LogP contribution in [0.5, 0.6) is 0 Å². The third-order valence-corrected chi connectivity index (χ3v) is 3.88. The first-order valence-electron chi connectivity index (χ1n) is 6.11. The standard InChI is InChI=1S/C15H10BrClFN3/c16-9-5-8(6-10(18)7-9)14-13(15(19)21-20-14)11-3-1-2-4-12(11)17/h1-7H,(H3,19,20,21). The van der Waals surface area contributed by atoms with Gasteiger partial charge in [0.05, 0.1) is 11.3 Å². The summed E-state index contributed by atoms with van der Waals surface area (Å²) in [7, 11) is 0. The minimum Gasteiger partial charge on any atom is -0.382 e. The zero-order chi connectivity index (χ0) is 15.0. The molecular weight excluding hydrogens is 357 g/mol. The Kier molecular flexibility index (Phi) is 3.69. The molecule has 0 saturated carbocycles. The molecule has 1 heterocycles. The Morgan fingerprint density at radius 3 is 2.67 bits per heavy atom. The van der Waals surface area contributed by atoms with Crippen LogP contribution < -0.4 is 5.73 Å². The van der Waals surface area contributed by atoms with E-state index in [9.17, 15) is 4.39 Å². The third-order valence-electron chi connectivity index (χ3n) is 3.09. The maximum atomic E-state index is 13.6. The normalized spacial score (nSPS) is 10.8. The number of hydrogen-bond donors (Lipinski definition) is 2. The Morgan fingerprint density at radius 1 is 1.19 bits per heavy atom. The topological polar surface area (TPSA) is 54.7 Å². The average Bonchev–Trinajstić information content (AvgIpc) is 2.80. The molecule has 3 N–H and O–H groups in total. The molecule has 0 unspecified atom stereocenters. The van der Waals surface area contributed by atoms with Gasteiger partial charge in [-0.15, -0.1) is 0 Å². The Morgan fingerprint density at radius 2 is 1.95 bits per heavy atom. The number of nitrogens with zero attached hydrogens (tertiary/aromatic N) is 1. The summed E-state index contributed by atoms with van der Waals surface area (Å²) in [6.07, 6.45) is 0. The van der Waals surface area contributed by atoms with Gasteiger partial charge < -0.3 is 5.73 Å². The van der Waals surface area contributed by atoms with E-state index >= 15 is 0 Å². The molecule has 0 aliphatic carbocycles. The highest BCUT2D eigenvalue weighted by molar-refractivity contribution is 9.10. The number of nitrogen functional groups attached to an aromatic ring is 1.